The van der Waals surface area contributed by atoms with Gasteiger partial charge in [-0.05, 0) is 54.1 Å². The molecule has 8 heteroatoms. The van der Waals surface area contributed by atoms with Gasteiger partial charge in [0.15, 0.2) is 0 Å². The zero-order chi connectivity index (χ0) is 20.1. The molecule has 0 aliphatic rings. The number of rotatable bonds is 7. The Bertz CT molecular complexity index is 997. The maximum absolute atomic E-state index is 10.7. The second kappa shape index (κ2) is 9.28. The fraction of sp³-hybridized carbons (Fsp3) is 0.100. The molecule has 0 unspecified atom stereocenters. The summed E-state index contributed by atoms with van der Waals surface area (Å²) in [6.07, 6.45) is 0. The molecule has 0 aliphatic heterocycles. The van der Waals surface area contributed by atoms with Gasteiger partial charge in [0.2, 0.25) is 0 Å². The van der Waals surface area contributed by atoms with Gasteiger partial charge in [-0.2, -0.15) is 0 Å². The Balaban J connectivity index is 1.69. The number of ether oxygens (including phenoxy) is 1. The molecule has 0 aromatic heterocycles. The normalized spacial score (nSPS) is 10.5. The second-order valence-electron chi connectivity index (χ2n) is 5.95. The lowest BCUT2D eigenvalue weighted by molar-refractivity contribution is -0.384. The van der Waals surface area contributed by atoms with Crippen molar-refractivity contribution in [1.82, 2.24) is 0 Å². The van der Waals surface area contributed by atoms with E-state index in [0.717, 1.165) is 21.3 Å². The smallest absolute Gasteiger partial charge is 0.269 e. The predicted octanol–water partition coefficient (Wildman–Crippen LogP) is 6.86. The van der Waals surface area contributed by atoms with E-state index in [1.54, 1.807) is 24.3 Å². The quantitative estimate of drug-likeness (QED) is 0.296. The number of benzene rings is 3. The summed E-state index contributed by atoms with van der Waals surface area (Å²) in [5, 5.41) is 15.0. The molecule has 5 nitrogen and oxygen atoms in total. The Labute approximate surface area is 180 Å². The van der Waals surface area contributed by atoms with Crippen molar-refractivity contribution in [1.29, 1.82) is 0 Å². The van der Waals surface area contributed by atoms with E-state index in [0.29, 0.717) is 28.9 Å². The lowest BCUT2D eigenvalue weighted by atomic mass is 10.2. The number of nitrogens with one attached hydrogen (secondary N) is 1. The first-order valence-electron chi connectivity index (χ1n) is 8.26. The Morgan fingerprint density at radius 3 is 2.43 bits per heavy atom. The number of anilines is 1. The molecular formula is C20H15BrCl2N2O3. The van der Waals surface area contributed by atoms with Gasteiger partial charge < -0.3 is 10.1 Å². The molecule has 3 aromatic rings. The van der Waals surface area contributed by atoms with Crippen LogP contribution in [0.2, 0.25) is 10.0 Å². The molecule has 0 radical (unpaired) electrons. The van der Waals surface area contributed by atoms with Crippen LogP contribution in [0.3, 0.4) is 0 Å². The number of hydrogen-bond acceptors (Lipinski definition) is 4. The second-order valence-corrected chi connectivity index (χ2v) is 7.68. The van der Waals surface area contributed by atoms with Crippen LogP contribution in [0, 0.1) is 10.1 Å². The molecule has 0 saturated carbocycles. The molecule has 0 fully saturated rings. The molecule has 3 rings (SSSR count). The van der Waals surface area contributed by atoms with Gasteiger partial charge in [0, 0.05) is 34.4 Å². The highest BCUT2D eigenvalue weighted by molar-refractivity contribution is 9.10. The fourth-order valence-corrected chi connectivity index (χ4v) is 3.21. The van der Waals surface area contributed by atoms with Crippen LogP contribution in [0.25, 0.3) is 0 Å². The first-order valence-corrected chi connectivity index (χ1v) is 9.81. The third-order valence-corrected chi connectivity index (χ3v) is 5.20. The standard InChI is InChI=1S/C20H15BrCl2N2O3/c21-15-3-8-20(28-12-13-1-5-17(6-2-13)25(26)27)14(9-15)11-24-16-4-7-18(22)19(23)10-16/h1-10,24H,11-12H2. The first-order chi connectivity index (χ1) is 13.4. The minimum absolute atomic E-state index is 0.0545. The molecule has 0 amide bonds. The van der Waals surface area contributed by atoms with Crippen molar-refractivity contribution in [2.24, 2.45) is 0 Å². The van der Waals surface area contributed by atoms with Gasteiger partial charge >= 0.3 is 0 Å². The summed E-state index contributed by atoms with van der Waals surface area (Å²) in [4.78, 5) is 10.3. The van der Waals surface area contributed by atoms with E-state index >= 15 is 0 Å². The minimum Gasteiger partial charge on any atom is -0.489 e. The first kappa shape index (κ1) is 20.5. The molecule has 0 atom stereocenters. The van der Waals surface area contributed by atoms with Crippen LogP contribution in [-0.4, -0.2) is 4.92 Å². The summed E-state index contributed by atoms with van der Waals surface area (Å²) in [6.45, 7) is 0.826. The van der Waals surface area contributed by atoms with Crippen molar-refractivity contribution >= 4 is 50.5 Å². The largest absolute Gasteiger partial charge is 0.489 e. The molecule has 0 aliphatic carbocycles. The van der Waals surface area contributed by atoms with Gasteiger partial charge in [-0.3, -0.25) is 10.1 Å². The Kier molecular flexibility index (Phi) is 6.78. The Hall–Kier alpha value is -2.28. The van der Waals surface area contributed by atoms with E-state index in [-0.39, 0.29) is 5.69 Å². The number of nitro benzene ring substituents is 1. The molecule has 0 saturated heterocycles. The van der Waals surface area contributed by atoms with Crippen LogP contribution in [0.4, 0.5) is 11.4 Å². The average molecular weight is 482 g/mol. The zero-order valence-corrected chi connectivity index (χ0v) is 17.6. The van der Waals surface area contributed by atoms with Crippen LogP contribution in [0.5, 0.6) is 5.75 Å². The van der Waals surface area contributed by atoms with E-state index in [9.17, 15) is 10.1 Å². The lowest BCUT2D eigenvalue weighted by Crippen LogP contribution is -2.04. The Morgan fingerprint density at radius 2 is 1.75 bits per heavy atom. The molecule has 28 heavy (non-hydrogen) atoms. The molecule has 0 spiro atoms. The van der Waals surface area contributed by atoms with Crippen LogP contribution in [-0.2, 0) is 13.2 Å². The summed E-state index contributed by atoms with van der Waals surface area (Å²) in [5.74, 6) is 0.717. The van der Waals surface area contributed by atoms with Crippen LogP contribution < -0.4 is 10.1 Å². The van der Waals surface area contributed by atoms with E-state index in [1.165, 1.54) is 12.1 Å². The SMILES string of the molecule is O=[N+]([O-])c1ccc(COc2ccc(Br)cc2CNc2ccc(Cl)c(Cl)c2)cc1. The van der Waals surface area contributed by atoms with Gasteiger partial charge in [-0.25, -0.2) is 0 Å². The number of halogens is 3. The minimum atomic E-state index is -0.424. The van der Waals surface area contributed by atoms with Gasteiger partial charge in [0.25, 0.3) is 5.69 Å². The number of nitro groups is 1. The predicted molar refractivity (Wildman–Crippen MR) is 115 cm³/mol. The van der Waals surface area contributed by atoms with Crippen molar-refractivity contribution in [2.45, 2.75) is 13.2 Å². The average Bonchev–Trinajstić information content (AvgIpc) is 2.68. The summed E-state index contributed by atoms with van der Waals surface area (Å²) < 4.78 is 6.86. The highest BCUT2D eigenvalue weighted by atomic mass is 79.9. The maximum Gasteiger partial charge on any atom is 0.269 e. The van der Waals surface area contributed by atoms with Crippen molar-refractivity contribution in [3.05, 3.63) is 96.4 Å². The van der Waals surface area contributed by atoms with E-state index in [4.69, 9.17) is 27.9 Å². The van der Waals surface area contributed by atoms with Crippen molar-refractivity contribution in [3.63, 3.8) is 0 Å². The summed E-state index contributed by atoms with van der Waals surface area (Å²) in [5.41, 5.74) is 2.69. The van der Waals surface area contributed by atoms with Gasteiger partial charge in [0.1, 0.15) is 12.4 Å². The maximum atomic E-state index is 10.7. The van der Waals surface area contributed by atoms with Crippen molar-refractivity contribution < 1.29 is 9.66 Å². The van der Waals surface area contributed by atoms with E-state index in [2.05, 4.69) is 21.2 Å². The molecule has 0 bridgehead atoms. The summed E-state index contributed by atoms with van der Waals surface area (Å²) in [7, 11) is 0. The summed E-state index contributed by atoms with van der Waals surface area (Å²) >= 11 is 15.5. The zero-order valence-electron chi connectivity index (χ0n) is 14.5. The molecule has 0 heterocycles. The number of non-ortho nitro benzene ring substituents is 1. The van der Waals surface area contributed by atoms with Crippen LogP contribution in [0.15, 0.2) is 65.1 Å². The molecule has 3 aromatic carbocycles. The monoisotopic (exact) mass is 480 g/mol. The highest BCUT2D eigenvalue weighted by Gasteiger charge is 2.08. The van der Waals surface area contributed by atoms with Gasteiger partial charge in [-0.15, -0.1) is 0 Å². The number of nitrogens with zero attached hydrogens (tertiary/aromatic N) is 1. The van der Waals surface area contributed by atoms with Crippen LogP contribution in [0.1, 0.15) is 11.1 Å². The Morgan fingerprint density at radius 1 is 1.00 bits per heavy atom. The molecule has 144 valence electrons. The summed E-state index contributed by atoms with van der Waals surface area (Å²) in [6, 6.07) is 17.4. The molecule has 1 N–H and O–H groups in total. The third-order valence-electron chi connectivity index (χ3n) is 3.97. The fourth-order valence-electron chi connectivity index (χ4n) is 2.51. The highest BCUT2D eigenvalue weighted by Crippen LogP contribution is 2.28. The van der Waals surface area contributed by atoms with Gasteiger partial charge in [-0.1, -0.05) is 39.1 Å². The van der Waals surface area contributed by atoms with Gasteiger partial charge in [0.05, 0.1) is 15.0 Å². The topological polar surface area (TPSA) is 64.4 Å². The third kappa shape index (κ3) is 5.38. The van der Waals surface area contributed by atoms with Crippen molar-refractivity contribution in [2.75, 3.05) is 5.32 Å². The van der Waals surface area contributed by atoms with E-state index in [1.807, 2.05) is 24.3 Å². The van der Waals surface area contributed by atoms with Crippen LogP contribution >= 0.6 is 39.1 Å². The number of hydrogen-bond donors (Lipinski definition) is 1. The molecular weight excluding hydrogens is 467 g/mol. The lowest BCUT2D eigenvalue weighted by Gasteiger charge is -2.14. The van der Waals surface area contributed by atoms with E-state index < -0.39 is 4.92 Å². The van der Waals surface area contributed by atoms with Crippen molar-refractivity contribution in [3.8, 4) is 5.75 Å².